The first-order chi connectivity index (χ1) is 11.2. The van der Waals surface area contributed by atoms with Crippen LogP contribution in [0.5, 0.6) is 11.5 Å². The van der Waals surface area contributed by atoms with Gasteiger partial charge in [0.1, 0.15) is 6.10 Å². The number of hydrogen-bond acceptors (Lipinski definition) is 4. The van der Waals surface area contributed by atoms with Crippen molar-refractivity contribution in [3.8, 4) is 11.5 Å². The minimum Gasteiger partial charge on any atom is -0.504 e. The summed E-state index contributed by atoms with van der Waals surface area (Å²) in [6.45, 7) is 0. The number of rotatable bonds is 4. The molecule has 0 saturated carbocycles. The van der Waals surface area contributed by atoms with Gasteiger partial charge < -0.3 is 15.3 Å². The molecule has 1 aliphatic rings. The van der Waals surface area contributed by atoms with Crippen molar-refractivity contribution in [3.63, 3.8) is 0 Å². The number of phenolic OH excluding ortho intramolecular Hbond substituents is 2. The molecular weight excluding hydrogens is 290 g/mol. The van der Waals surface area contributed by atoms with Gasteiger partial charge in [-0.05, 0) is 49.1 Å². The molecule has 2 unspecified atom stereocenters. The zero-order valence-electron chi connectivity index (χ0n) is 12.9. The number of aliphatic hydroxyl groups excluding tert-OH is 1. The Hall–Kier alpha value is -2.33. The molecule has 1 aliphatic carbocycles. The Balaban J connectivity index is 1.63. The predicted molar refractivity (Wildman–Crippen MR) is 90.1 cm³/mol. The van der Waals surface area contributed by atoms with E-state index < -0.39 is 6.10 Å². The third kappa shape index (κ3) is 3.37. The second-order valence-corrected chi connectivity index (χ2v) is 5.91. The van der Waals surface area contributed by atoms with Crippen LogP contribution in [0.4, 0.5) is 0 Å². The molecule has 0 fully saturated rings. The van der Waals surface area contributed by atoms with Crippen LogP contribution < -0.4 is 0 Å². The summed E-state index contributed by atoms with van der Waals surface area (Å²) in [5.41, 5.74) is 2.57. The summed E-state index contributed by atoms with van der Waals surface area (Å²) in [4.78, 5) is 4.51. The van der Waals surface area contributed by atoms with Crippen LogP contribution in [0, 0.1) is 0 Å². The second kappa shape index (κ2) is 6.84. The van der Waals surface area contributed by atoms with Crippen molar-refractivity contribution in [2.75, 3.05) is 0 Å². The molecule has 0 heterocycles. The maximum absolute atomic E-state index is 10.4. The van der Waals surface area contributed by atoms with E-state index in [-0.39, 0.29) is 17.5 Å². The lowest BCUT2D eigenvalue weighted by Gasteiger charge is -2.28. The Morgan fingerprint density at radius 1 is 1.09 bits per heavy atom. The fourth-order valence-electron chi connectivity index (χ4n) is 3.08. The van der Waals surface area contributed by atoms with E-state index in [4.69, 9.17) is 0 Å². The highest BCUT2D eigenvalue weighted by Crippen LogP contribution is 2.40. The van der Waals surface area contributed by atoms with Gasteiger partial charge in [0.2, 0.25) is 0 Å². The minimum absolute atomic E-state index is 0.118. The van der Waals surface area contributed by atoms with Gasteiger partial charge in [0.05, 0.1) is 6.04 Å². The van der Waals surface area contributed by atoms with Crippen LogP contribution in [0.15, 0.2) is 47.5 Å². The van der Waals surface area contributed by atoms with Crippen LogP contribution in [0.1, 0.15) is 35.6 Å². The maximum atomic E-state index is 10.4. The van der Waals surface area contributed by atoms with Crippen molar-refractivity contribution in [2.45, 2.75) is 37.8 Å². The van der Waals surface area contributed by atoms with E-state index in [0.717, 1.165) is 12.8 Å². The van der Waals surface area contributed by atoms with Crippen molar-refractivity contribution in [2.24, 2.45) is 4.99 Å². The first kappa shape index (κ1) is 15.6. The molecule has 0 spiro atoms. The number of benzene rings is 2. The molecule has 0 radical (unpaired) electrons. The molecule has 2 atom stereocenters. The number of nitrogens with zero attached hydrogens (tertiary/aromatic N) is 1. The van der Waals surface area contributed by atoms with Crippen molar-refractivity contribution < 1.29 is 15.3 Å². The topological polar surface area (TPSA) is 73.0 Å². The highest BCUT2D eigenvalue weighted by Gasteiger charge is 2.29. The first-order valence-corrected chi connectivity index (χ1v) is 7.94. The predicted octanol–water partition coefficient (Wildman–Crippen LogP) is 3.15. The molecule has 0 aromatic heterocycles. The van der Waals surface area contributed by atoms with Gasteiger partial charge in [-0.2, -0.15) is 0 Å². The number of hydrogen-bond donors (Lipinski definition) is 3. The average Bonchev–Trinajstić information content (AvgIpc) is 2.58. The van der Waals surface area contributed by atoms with E-state index in [1.807, 2.05) is 24.4 Å². The fraction of sp³-hybridized carbons (Fsp3) is 0.316. The largest absolute Gasteiger partial charge is 0.504 e. The standard InChI is InChI=1S/C19H21NO3/c21-17-11-9-14-15(19(17)23)8-10-16(18(14)22)20-12-4-7-13-5-2-1-3-6-13/h1-3,5-6,9,11-12,16,18,21-23H,4,7-8,10H2/b20-12+. The molecule has 0 amide bonds. The van der Waals surface area contributed by atoms with Crippen molar-refractivity contribution in [3.05, 3.63) is 59.2 Å². The summed E-state index contributed by atoms with van der Waals surface area (Å²) in [5, 5.41) is 29.9. The smallest absolute Gasteiger partial charge is 0.161 e. The van der Waals surface area contributed by atoms with E-state index in [1.54, 1.807) is 6.07 Å². The highest BCUT2D eigenvalue weighted by atomic mass is 16.3. The van der Waals surface area contributed by atoms with Gasteiger partial charge in [0.25, 0.3) is 0 Å². The molecule has 2 aromatic rings. The quantitative estimate of drug-likeness (QED) is 0.600. The molecule has 0 saturated heterocycles. The Bertz CT molecular complexity index is 697. The van der Waals surface area contributed by atoms with Crippen molar-refractivity contribution >= 4 is 6.21 Å². The molecule has 23 heavy (non-hydrogen) atoms. The molecule has 4 heteroatoms. The van der Waals surface area contributed by atoms with Crippen LogP contribution in [-0.4, -0.2) is 27.6 Å². The van der Waals surface area contributed by atoms with E-state index in [1.165, 1.54) is 11.6 Å². The summed E-state index contributed by atoms with van der Waals surface area (Å²) in [7, 11) is 0. The molecular formula is C19H21NO3. The number of aryl methyl sites for hydroxylation is 1. The molecule has 0 bridgehead atoms. The number of aromatic hydroxyl groups is 2. The zero-order chi connectivity index (χ0) is 16.2. The highest BCUT2D eigenvalue weighted by molar-refractivity contribution is 5.58. The van der Waals surface area contributed by atoms with Crippen molar-refractivity contribution in [1.29, 1.82) is 0 Å². The third-order valence-electron chi connectivity index (χ3n) is 4.37. The lowest BCUT2D eigenvalue weighted by molar-refractivity contribution is 0.134. The van der Waals surface area contributed by atoms with Gasteiger partial charge in [0, 0.05) is 5.56 Å². The van der Waals surface area contributed by atoms with Crippen LogP contribution in [0.2, 0.25) is 0 Å². The van der Waals surface area contributed by atoms with Gasteiger partial charge in [-0.3, -0.25) is 4.99 Å². The Morgan fingerprint density at radius 3 is 2.65 bits per heavy atom. The van der Waals surface area contributed by atoms with Crippen LogP contribution in [0.3, 0.4) is 0 Å². The Kier molecular flexibility index (Phi) is 4.63. The first-order valence-electron chi connectivity index (χ1n) is 7.94. The SMILES string of the molecule is Oc1ccc2c(c1O)CCC(/N=C/CCc1ccccc1)C2O. The van der Waals surface area contributed by atoms with E-state index in [2.05, 4.69) is 17.1 Å². The molecule has 0 aliphatic heterocycles. The average molecular weight is 311 g/mol. The zero-order valence-corrected chi connectivity index (χ0v) is 12.9. The number of aliphatic hydroxyl groups is 1. The lowest BCUT2D eigenvalue weighted by atomic mass is 9.85. The van der Waals surface area contributed by atoms with E-state index in [0.29, 0.717) is 24.0 Å². The van der Waals surface area contributed by atoms with Crippen molar-refractivity contribution in [1.82, 2.24) is 0 Å². The van der Waals surface area contributed by atoms with Crippen LogP contribution in [0.25, 0.3) is 0 Å². The molecule has 3 rings (SSSR count). The Labute approximate surface area is 135 Å². The number of aliphatic imine (C=N–C) groups is 1. The summed E-state index contributed by atoms with van der Waals surface area (Å²) in [5.74, 6) is -0.256. The fourth-order valence-corrected chi connectivity index (χ4v) is 3.08. The van der Waals surface area contributed by atoms with Crippen LogP contribution in [-0.2, 0) is 12.8 Å². The van der Waals surface area contributed by atoms with Gasteiger partial charge in [-0.15, -0.1) is 0 Å². The third-order valence-corrected chi connectivity index (χ3v) is 4.37. The normalized spacial score (nSPS) is 20.6. The summed E-state index contributed by atoms with van der Waals surface area (Å²) in [6.07, 6.45) is 4.17. The lowest BCUT2D eigenvalue weighted by Crippen LogP contribution is -2.24. The van der Waals surface area contributed by atoms with Crippen LogP contribution >= 0.6 is 0 Å². The number of fused-ring (bicyclic) bond motifs is 1. The molecule has 3 N–H and O–H groups in total. The van der Waals surface area contributed by atoms with Gasteiger partial charge >= 0.3 is 0 Å². The van der Waals surface area contributed by atoms with Gasteiger partial charge in [-0.1, -0.05) is 36.4 Å². The molecule has 2 aromatic carbocycles. The Morgan fingerprint density at radius 2 is 1.87 bits per heavy atom. The van der Waals surface area contributed by atoms with Gasteiger partial charge in [0.15, 0.2) is 11.5 Å². The monoisotopic (exact) mass is 311 g/mol. The molecule has 4 nitrogen and oxygen atoms in total. The van der Waals surface area contributed by atoms with E-state index in [9.17, 15) is 15.3 Å². The summed E-state index contributed by atoms with van der Waals surface area (Å²) in [6, 6.07) is 13.1. The summed E-state index contributed by atoms with van der Waals surface area (Å²) < 4.78 is 0. The second-order valence-electron chi connectivity index (χ2n) is 5.91. The number of phenols is 2. The van der Waals surface area contributed by atoms with E-state index >= 15 is 0 Å². The van der Waals surface area contributed by atoms with Gasteiger partial charge in [-0.25, -0.2) is 0 Å². The minimum atomic E-state index is -0.738. The maximum Gasteiger partial charge on any atom is 0.161 e. The molecule has 120 valence electrons. The summed E-state index contributed by atoms with van der Waals surface area (Å²) >= 11 is 0.